The van der Waals surface area contributed by atoms with Crippen LogP contribution in [0.25, 0.3) is 11.1 Å². The fourth-order valence-electron chi connectivity index (χ4n) is 4.09. The lowest BCUT2D eigenvalue weighted by molar-refractivity contribution is 0.325. The van der Waals surface area contributed by atoms with Crippen LogP contribution in [0.5, 0.6) is 5.75 Å². The molecule has 0 spiro atoms. The predicted molar refractivity (Wildman–Crippen MR) is 116 cm³/mol. The zero-order valence-electron chi connectivity index (χ0n) is 17.0. The van der Waals surface area contributed by atoms with Crippen molar-refractivity contribution >= 4 is 0 Å². The van der Waals surface area contributed by atoms with Gasteiger partial charge < -0.3 is 4.74 Å². The van der Waals surface area contributed by atoms with Gasteiger partial charge in [-0.1, -0.05) is 75.1 Å². The number of hydrogen-bond donors (Lipinski definition) is 0. The van der Waals surface area contributed by atoms with Crippen molar-refractivity contribution < 1.29 is 4.74 Å². The molecular formula is C26H34O. The number of fused-ring (bicyclic) bond motifs is 1. The Morgan fingerprint density at radius 2 is 1.81 bits per heavy atom. The summed E-state index contributed by atoms with van der Waals surface area (Å²) in [5, 5.41) is 0. The quantitative estimate of drug-likeness (QED) is 0.334. The number of aryl methyl sites for hydroxylation is 1. The summed E-state index contributed by atoms with van der Waals surface area (Å²) in [7, 11) is 0. The third-order valence-electron chi connectivity index (χ3n) is 5.73. The molecule has 0 saturated heterocycles. The van der Waals surface area contributed by atoms with Crippen LogP contribution in [0, 0.1) is 5.92 Å². The number of benzene rings is 2. The Labute approximate surface area is 165 Å². The molecule has 0 saturated carbocycles. The van der Waals surface area contributed by atoms with E-state index in [0.717, 1.165) is 24.7 Å². The van der Waals surface area contributed by atoms with Crippen LogP contribution in [0.1, 0.15) is 63.5 Å². The Bertz CT molecular complexity index is 726. The lowest BCUT2D eigenvalue weighted by Crippen LogP contribution is -2.14. The highest BCUT2D eigenvalue weighted by atomic mass is 16.5. The molecule has 0 aliphatic heterocycles. The highest BCUT2D eigenvalue weighted by molar-refractivity contribution is 5.66. The van der Waals surface area contributed by atoms with Gasteiger partial charge >= 0.3 is 0 Å². The minimum Gasteiger partial charge on any atom is -0.493 e. The molecule has 2 aromatic carbocycles. The van der Waals surface area contributed by atoms with Crippen molar-refractivity contribution in [2.75, 3.05) is 6.61 Å². The highest BCUT2D eigenvalue weighted by Gasteiger charge is 2.18. The first-order valence-corrected chi connectivity index (χ1v) is 10.8. The third-order valence-corrected chi connectivity index (χ3v) is 5.73. The molecule has 0 fully saturated rings. The van der Waals surface area contributed by atoms with Gasteiger partial charge in [-0.15, -0.1) is 0 Å². The molecule has 0 amide bonds. The second-order valence-corrected chi connectivity index (χ2v) is 7.82. The molecular weight excluding hydrogens is 328 g/mol. The standard InChI is InChI=1S/C26H34O/c1-3-5-7-9-21-10-11-25-20-24(13-12-23(25)19-21)22-14-16-26(17-15-22)27-18-8-6-4-2/h4,6,12-17,20-21H,3,5,7-11,18-19H2,1-2H3/b6-4+. The number of rotatable bonds is 9. The van der Waals surface area contributed by atoms with Crippen LogP contribution in [0.15, 0.2) is 54.6 Å². The maximum atomic E-state index is 5.79. The Kier molecular flexibility index (Phi) is 7.56. The van der Waals surface area contributed by atoms with E-state index in [1.54, 1.807) is 11.1 Å². The van der Waals surface area contributed by atoms with E-state index >= 15 is 0 Å². The number of hydrogen-bond acceptors (Lipinski definition) is 1. The molecule has 27 heavy (non-hydrogen) atoms. The Morgan fingerprint density at radius 3 is 2.59 bits per heavy atom. The monoisotopic (exact) mass is 362 g/mol. The first-order chi connectivity index (χ1) is 13.3. The summed E-state index contributed by atoms with van der Waals surface area (Å²) < 4.78 is 5.79. The molecule has 0 aromatic heterocycles. The second kappa shape index (κ2) is 10.3. The van der Waals surface area contributed by atoms with Crippen LogP contribution in [0.3, 0.4) is 0 Å². The van der Waals surface area contributed by atoms with Crippen molar-refractivity contribution in [3.63, 3.8) is 0 Å². The van der Waals surface area contributed by atoms with E-state index in [4.69, 9.17) is 4.74 Å². The van der Waals surface area contributed by atoms with E-state index < -0.39 is 0 Å². The van der Waals surface area contributed by atoms with Crippen molar-refractivity contribution in [2.24, 2.45) is 5.92 Å². The average molecular weight is 363 g/mol. The fourth-order valence-corrected chi connectivity index (χ4v) is 4.09. The van der Waals surface area contributed by atoms with Crippen LogP contribution < -0.4 is 4.74 Å². The number of ether oxygens (including phenoxy) is 1. The molecule has 0 N–H and O–H groups in total. The molecule has 0 bridgehead atoms. The molecule has 144 valence electrons. The Balaban J connectivity index is 1.60. The van der Waals surface area contributed by atoms with Gasteiger partial charge in [-0.25, -0.2) is 0 Å². The van der Waals surface area contributed by atoms with Gasteiger partial charge in [-0.05, 0) is 72.9 Å². The molecule has 1 aliphatic carbocycles. The summed E-state index contributed by atoms with van der Waals surface area (Å²) in [6, 6.07) is 15.6. The van der Waals surface area contributed by atoms with E-state index in [0.29, 0.717) is 0 Å². The van der Waals surface area contributed by atoms with Crippen LogP contribution in [-0.4, -0.2) is 6.61 Å². The summed E-state index contributed by atoms with van der Waals surface area (Å²) in [5.41, 5.74) is 5.75. The maximum absolute atomic E-state index is 5.79. The molecule has 1 heteroatoms. The summed E-state index contributed by atoms with van der Waals surface area (Å²) in [6.07, 6.45) is 14.6. The molecule has 0 radical (unpaired) electrons. The van der Waals surface area contributed by atoms with Crippen LogP contribution >= 0.6 is 0 Å². The maximum Gasteiger partial charge on any atom is 0.119 e. The minimum absolute atomic E-state index is 0.738. The second-order valence-electron chi connectivity index (χ2n) is 7.82. The average Bonchev–Trinajstić information content (AvgIpc) is 2.71. The molecule has 1 nitrogen and oxygen atoms in total. The van der Waals surface area contributed by atoms with E-state index in [9.17, 15) is 0 Å². The first-order valence-electron chi connectivity index (χ1n) is 10.8. The van der Waals surface area contributed by atoms with Gasteiger partial charge in [0.05, 0.1) is 6.61 Å². The van der Waals surface area contributed by atoms with Gasteiger partial charge in [0.15, 0.2) is 0 Å². The van der Waals surface area contributed by atoms with Crippen molar-refractivity contribution in [1.82, 2.24) is 0 Å². The van der Waals surface area contributed by atoms with Crippen molar-refractivity contribution in [1.29, 1.82) is 0 Å². The van der Waals surface area contributed by atoms with Crippen molar-refractivity contribution in [2.45, 2.75) is 65.2 Å². The zero-order chi connectivity index (χ0) is 18.9. The number of unbranched alkanes of at least 4 members (excludes halogenated alkanes) is 2. The lowest BCUT2D eigenvalue weighted by Gasteiger charge is -2.25. The molecule has 3 rings (SSSR count). The molecule has 0 heterocycles. The van der Waals surface area contributed by atoms with Gasteiger partial charge in [0.2, 0.25) is 0 Å². The Morgan fingerprint density at radius 1 is 1.00 bits per heavy atom. The summed E-state index contributed by atoms with van der Waals surface area (Å²) >= 11 is 0. The highest BCUT2D eigenvalue weighted by Crippen LogP contribution is 2.32. The minimum atomic E-state index is 0.738. The third kappa shape index (κ3) is 5.73. The van der Waals surface area contributed by atoms with E-state index in [2.05, 4.69) is 61.5 Å². The Hall–Kier alpha value is -2.02. The van der Waals surface area contributed by atoms with Gasteiger partial charge in [0.1, 0.15) is 5.75 Å². The largest absolute Gasteiger partial charge is 0.493 e. The summed E-state index contributed by atoms with van der Waals surface area (Å²) in [6.45, 7) is 5.07. The first kappa shape index (κ1) is 19.7. The van der Waals surface area contributed by atoms with E-state index in [1.807, 2.05) is 6.92 Å². The van der Waals surface area contributed by atoms with Gasteiger partial charge in [0, 0.05) is 0 Å². The number of allylic oxidation sites excluding steroid dienone is 1. The van der Waals surface area contributed by atoms with E-state index in [1.165, 1.54) is 56.1 Å². The van der Waals surface area contributed by atoms with Gasteiger partial charge in [0.25, 0.3) is 0 Å². The lowest BCUT2D eigenvalue weighted by atomic mass is 9.80. The van der Waals surface area contributed by atoms with Gasteiger partial charge in [-0.3, -0.25) is 0 Å². The molecule has 1 unspecified atom stereocenters. The molecule has 1 aliphatic rings. The fraction of sp³-hybridized carbons (Fsp3) is 0.462. The normalized spacial score (nSPS) is 16.4. The van der Waals surface area contributed by atoms with E-state index in [-0.39, 0.29) is 0 Å². The smallest absolute Gasteiger partial charge is 0.119 e. The topological polar surface area (TPSA) is 9.23 Å². The van der Waals surface area contributed by atoms with Crippen LogP contribution in [-0.2, 0) is 12.8 Å². The summed E-state index contributed by atoms with van der Waals surface area (Å²) in [5.74, 6) is 1.85. The van der Waals surface area contributed by atoms with Crippen LogP contribution in [0.2, 0.25) is 0 Å². The molecule has 2 aromatic rings. The predicted octanol–water partition coefficient (Wildman–Crippen LogP) is 7.38. The SMILES string of the molecule is C/C=C/CCOc1ccc(-c2ccc3c(c2)CCC(CCCCC)C3)cc1. The summed E-state index contributed by atoms with van der Waals surface area (Å²) in [4.78, 5) is 0. The van der Waals surface area contributed by atoms with Gasteiger partial charge in [-0.2, -0.15) is 0 Å². The zero-order valence-corrected chi connectivity index (χ0v) is 17.0. The molecule has 1 atom stereocenters. The van der Waals surface area contributed by atoms with Crippen LogP contribution in [0.4, 0.5) is 0 Å². The van der Waals surface area contributed by atoms with Crippen molar-refractivity contribution in [3.05, 3.63) is 65.7 Å². The van der Waals surface area contributed by atoms with Crippen molar-refractivity contribution in [3.8, 4) is 16.9 Å².